The van der Waals surface area contributed by atoms with E-state index in [1.54, 1.807) is 26.0 Å². The number of para-hydroxylation sites is 1. The van der Waals surface area contributed by atoms with E-state index in [9.17, 15) is 22.0 Å². The molecule has 0 aliphatic carbocycles. The molecule has 3 aromatic carbocycles. The predicted octanol–water partition coefficient (Wildman–Crippen LogP) is 4.31. The molecule has 0 saturated carbocycles. The molecule has 0 fully saturated rings. The highest BCUT2D eigenvalue weighted by atomic mass is 32.2. The van der Waals surface area contributed by atoms with Crippen LogP contribution in [0, 0.1) is 25.5 Å². The first kappa shape index (κ1) is 21.4. The monoisotopic (exact) mass is 430 g/mol. The molecule has 0 atom stereocenters. The van der Waals surface area contributed by atoms with Gasteiger partial charge in [0, 0.05) is 12.1 Å². The SMILES string of the molecule is Cc1cc(CNC(=O)c2cc(S(=O)(=O)Nc3ccccc3F)ccc2C)ccc1F. The average Bonchev–Trinajstić information content (AvgIpc) is 2.70. The second kappa shape index (κ2) is 8.62. The van der Waals surface area contributed by atoms with E-state index in [1.165, 1.54) is 42.5 Å². The Kier molecular flexibility index (Phi) is 6.17. The summed E-state index contributed by atoms with van der Waals surface area (Å²) in [6.07, 6.45) is 0. The number of benzene rings is 3. The largest absolute Gasteiger partial charge is 0.348 e. The van der Waals surface area contributed by atoms with Gasteiger partial charge in [-0.2, -0.15) is 0 Å². The zero-order valence-corrected chi connectivity index (χ0v) is 17.2. The van der Waals surface area contributed by atoms with Gasteiger partial charge in [0.1, 0.15) is 11.6 Å². The van der Waals surface area contributed by atoms with Crippen LogP contribution in [0.25, 0.3) is 0 Å². The van der Waals surface area contributed by atoms with Crippen molar-refractivity contribution in [3.63, 3.8) is 0 Å². The molecule has 2 N–H and O–H groups in total. The predicted molar refractivity (Wildman–Crippen MR) is 111 cm³/mol. The normalized spacial score (nSPS) is 11.2. The minimum absolute atomic E-state index is 0.157. The van der Waals surface area contributed by atoms with Crippen LogP contribution in [0.15, 0.2) is 65.6 Å². The van der Waals surface area contributed by atoms with Gasteiger partial charge in [0.15, 0.2) is 0 Å². The van der Waals surface area contributed by atoms with Gasteiger partial charge in [-0.1, -0.05) is 30.3 Å². The Morgan fingerprint density at radius 2 is 1.63 bits per heavy atom. The van der Waals surface area contributed by atoms with Crippen LogP contribution < -0.4 is 10.0 Å². The van der Waals surface area contributed by atoms with Gasteiger partial charge in [-0.15, -0.1) is 0 Å². The second-order valence-electron chi connectivity index (χ2n) is 6.83. The molecule has 0 spiro atoms. The van der Waals surface area contributed by atoms with E-state index >= 15 is 0 Å². The molecular weight excluding hydrogens is 410 g/mol. The van der Waals surface area contributed by atoms with Gasteiger partial charge in [-0.3, -0.25) is 9.52 Å². The number of hydrogen-bond donors (Lipinski definition) is 2. The lowest BCUT2D eigenvalue weighted by molar-refractivity contribution is 0.0950. The third-order valence-corrected chi connectivity index (χ3v) is 5.92. The molecule has 0 aromatic heterocycles. The fourth-order valence-electron chi connectivity index (χ4n) is 2.85. The lowest BCUT2D eigenvalue weighted by Crippen LogP contribution is -2.24. The lowest BCUT2D eigenvalue weighted by Gasteiger charge is -2.12. The Morgan fingerprint density at radius 1 is 0.900 bits per heavy atom. The van der Waals surface area contributed by atoms with Gasteiger partial charge in [0.05, 0.1) is 10.6 Å². The molecule has 0 radical (unpaired) electrons. The molecule has 0 unspecified atom stereocenters. The van der Waals surface area contributed by atoms with Crippen LogP contribution >= 0.6 is 0 Å². The fourth-order valence-corrected chi connectivity index (χ4v) is 3.95. The first-order chi connectivity index (χ1) is 14.2. The number of anilines is 1. The van der Waals surface area contributed by atoms with Crippen LogP contribution in [-0.4, -0.2) is 14.3 Å². The van der Waals surface area contributed by atoms with Crippen molar-refractivity contribution in [3.05, 3.63) is 94.6 Å². The number of carbonyl (C=O) groups is 1. The van der Waals surface area contributed by atoms with Gasteiger partial charge in [0.25, 0.3) is 15.9 Å². The number of halogens is 2. The smallest absolute Gasteiger partial charge is 0.262 e. The third-order valence-electron chi connectivity index (χ3n) is 4.56. The Hall–Kier alpha value is -3.26. The highest BCUT2D eigenvalue weighted by Gasteiger charge is 2.19. The first-order valence-corrected chi connectivity index (χ1v) is 10.6. The highest BCUT2D eigenvalue weighted by molar-refractivity contribution is 7.92. The van der Waals surface area contributed by atoms with Gasteiger partial charge in [-0.05, 0) is 60.9 Å². The topological polar surface area (TPSA) is 75.3 Å². The van der Waals surface area contributed by atoms with E-state index in [2.05, 4.69) is 10.0 Å². The number of rotatable bonds is 6. The van der Waals surface area contributed by atoms with E-state index in [0.29, 0.717) is 16.7 Å². The summed E-state index contributed by atoms with van der Waals surface area (Å²) in [7, 11) is -4.10. The van der Waals surface area contributed by atoms with Gasteiger partial charge in [-0.25, -0.2) is 17.2 Å². The molecule has 0 aliphatic rings. The van der Waals surface area contributed by atoms with E-state index in [0.717, 1.165) is 6.07 Å². The molecular formula is C22H20F2N2O3S. The van der Waals surface area contributed by atoms with Crippen molar-refractivity contribution in [2.45, 2.75) is 25.3 Å². The fraction of sp³-hybridized carbons (Fsp3) is 0.136. The molecule has 0 saturated heterocycles. The number of carbonyl (C=O) groups excluding carboxylic acids is 1. The van der Waals surface area contributed by atoms with Crippen LogP contribution in [0.1, 0.15) is 27.0 Å². The quantitative estimate of drug-likeness (QED) is 0.612. The van der Waals surface area contributed by atoms with E-state index < -0.39 is 21.7 Å². The molecule has 0 aliphatic heterocycles. The maximum atomic E-state index is 13.8. The van der Waals surface area contributed by atoms with Crippen LogP contribution in [0.3, 0.4) is 0 Å². The average molecular weight is 430 g/mol. The summed E-state index contributed by atoms with van der Waals surface area (Å²) < 4.78 is 54.7. The molecule has 1 amide bonds. The summed E-state index contributed by atoms with van der Waals surface area (Å²) in [5.74, 6) is -1.51. The lowest BCUT2D eigenvalue weighted by atomic mass is 10.1. The first-order valence-electron chi connectivity index (χ1n) is 9.08. The highest BCUT2D eigenvalue weighted by Crippen LogP contribution is 2.21. The molecule has 8 heteroatoms. The summed E-state index contributed by atoms with van der Waals surface area (Å²) in [6.45, 7) is 3.46. The van der Waals surface area contributed by atoms with Crippen molar-refractivity contribution in [1.82, 2.24) is 5.32 Å². The molecule has 0 heterocycles. The number of hydrogen-bond acceptors (Lipinski definition) is 3. The molecule has 156 valence electrons. The third kappa shape index (κ3) is 4.83. The molecule has 3 aromatic rings. The summed E-state index contributed by atoms with van der Waals surface area (Å²) >= 11 is 0. The molecule has 3 rings (SSSR count). The van der Waals surface area contributed by atoms with Gasteiger partial charge >= 0.3 is 0 Å². The van der Waals surface area contributed by atoms with Crippen molar-refractivity contribution in [2.75, 3.05) is 4.72 Å². The van der Waals surface area contributed by atoms with Crippen molar-refractivity contribution >= 4 is 21.6 Å². The standard InChI is InChI=1S/C22H20F2N2O3S/c1-14-7-9-17(30(28,29)26-21-6-4-3-5-20(21)24)12-18(14)22(27)25-13-16-8-10-19(23)15(2)11-16/h3-12,26H,13H2,1-2H3,(H,25,27). The number of amides is 1. The maximum absolute atomic E-state index is 13.8. The van der Waals surface area contributed by atoms with Crippen LogP contribution in [0.2, 0.25) is 0 Å². The van der Waals surface area contributed by atoms with Crippen molar-refractivity contribution in [1.29, 1.82) is 0 Å². The summed E-state index contributed by atoms with van der Waals surface area (Å²) in [4.78, 5) is 12.5. The van der Waals surface area contributed by atoms with E-state index in [1.807, 2.05) is 0 Å². The Labute approximate surface area is 173 Å². The summed E-state index contributed by atoms with van der Waals surface area (Å²) in [6, 6.07) is 14.0. The van der Waals surface area contributed by atoms with E-state index in [-0.39, 0.29) is 28.5 Å². The molecule has 30 heavy (non-hydrogen) atoms. The number of nitrogens with one attached hydrogen (secondary N) is 2. The molecule has 5 nitrogen and oxygen atoms in total. The number of aryl methyl sites for hydroxylation is 2. The Bertz CT molecular complexity index is 1210. The van der Waals surface area contributed by atoms with Crippen molar-refractivity contribution in [2.24, 2.45) is 0 Å². The van der Waals surface area contributed by atoms with Crippen molar-refractivity contribution in [3.8, 4) is 0 Å². The van der Waals surface area contributed by atoms with E-state index in [4.69, 9.17) is 0 Å². The maximum Gasteiger partial charge on any atom is 0.262 e. The minimum Gasteiger partial charge on any atom is -0.348 e. The van der Waals surface area contributed by atoms with Gasteiger partial charge < -0.3 is 5.32 Å². The van der Waals surface area contributed by atoms with Gasteiger partial charge in [0.2, 0.25) is 0 Å². The minimum atomic E-state index is -4.10. The van der Waals surface area contributed by atoms with Crippen LogP contribution in [-0.2, 0) is 16.6 Å². The zero-order chi connectivity index (χ0) is 21.9. The second-order valence-corrected chi connectivity index (χ2v) is 8.51. The Balaban J connectivity index is 1.81. The molecule has 0 bridgehead atoms. The summed E-state index contributed by atoms with van der Waals surface area (Å²) in [5, 5.41) is 2.70. The summed E-state index contributed by atoms with van der Waals surface area (Å²) in [5.41, 5.74) is 1.74. The van der Waals surface area contributed by atoms with Crippen molar-refractivity contribution < 1.29 is 22.0 Å². The van der Waals surface area contributed by atoms with Crippen LogP contribution in [0.4, 0.5) is 14.5 Å². The Morgan fingerprint density at radius 3 is 2.33 bits per heavy atom. The van der Waals surface area contributed by atoms with Crippen LogP contribution in [0.5, 0.6) is 0 Å². The number of sulfonamides is 1. The zero-order valence-electron chi connectivity index (χ0n) is 16.4.